The van der Waals surface area contributed by atoms with E-state index in [-0.39, 0.29) is 42.1 Å². The van der Waals surface area contributed by atoms with Crippen LogP contribution in [-0.4, -0.2) is 36.6 Å². The van der Waals surface area contributed by atoms with Crippen LogP contribution in [0.25, 0.3) is 5.57 Å². The van der Waals surface area contributed by atoms with E-state index in [9.17, 15) is 0 Å². The van der Waals surface area contributed by atoms with Gasteiger partial charge in [-0.1, -0.05) is 38.1 Å². The van der Waals surface area contributed by atoms with E-state index in [1.165, 1.54) is 27.7 Å². The summed E-state index contributed by atoms with van der Waals surface area (Å²) in [5.41, 5.74) is 6.47. The summed E-state index contributed by atoms with van der Waals surface area (Å²) in [5, 5.41) is 0. The normalized spacial score (nSPS) is 28.1. The molecule has 5 rings (SSSR count). The Morgan fingerprint density at radius 2 is 1.18 bits per heavy atom. The van der Waals surface area contributed by atoms with Crippen LogP contribution >= 0.6 is 0 Å². The minimum Gasteiger partial charge on any atom is -0.400 e. The van der Waals surface area contributed by atoms with Crippen LogP contribution in [0.2, 0.25) is 0 Å². The highest BCUT2D eigenvalue weighted by Crippen LogP contribution is 2.52. The second-order valence-electron chi connectivity index (χ2n) is 12.7. The molecule has 2 saturated heterocycles. The first-order chi connectivity index (χ1) is 15.1. The molecule has 0 saturated carbocycles. The molecule has 2 aliphatic carbocycles. The minimum absolute atomic E-state index is 0.0976. The number of allylic oxidation sites excluding steroid dienone is 4. The third-order valence-corrected chi connectivity index (χ3v) is 9.12. The summed E-state index contributed by atoms with van der Waals surface area (Å²) in [6.45, 7) is 21.5. The van der Waals surface area contributed by atoms with E-state index in [1.807, 2.05) is 0 Å². The van der Waals surface area contributed by atoms with Crippen molar-refractivity contribution in [1.82, 2.24) is 0 Å². The maximum absolute atomic E-state index is 6.38. The van der Waals surface area contributed by atoms with Gasteiger partial charge in [-0.2, -0.15) is 0 Å². The van der Waals surface area contributed by atoms with Crippen LogP contribution in [0, 0.1) is 0 Å². The van der Waals surface area contributed by atoms with E-state index in [0.717, 1.165) is 18.3 Å². The largest absolute Gasteiger partial charge is 0.494 e. The zero-order valence-corrected chi connectivity index (χ0v) is 22.0. The average molecular weight is 448 g/mol. The summed E-state index contributed by atoms with van der Waals surface area (Å²) in [6, 6.07) is 6.76. The summed E-state index contributed by atoms with van der Waals surface area (Å²) in [7, 11) is -0.617. The van der Waals surface area contributed by atoms with Crippen molar-refractivity contribution in [1.29, 1.82) is 0 Å². The molecule has 176 valence electrons. The van der Waals surface area contributed by atoms with Crippen molar-refractivity contribution >= 4 is 25.3 Å². The second-order valence-corrected chi connectivity index (χ2v) is 12.7. The van der Waals surface area contributed by atoms with Gasteiger partial charge in [-0.15, -0.1) is 0 Å². The minimum atomic E-state index is -0.343. The highest BCUT2D eigenvalue weighted by Gasteiger charge is 2.54. The van der Waals surface area contributed by atoms with Crippen LogP contribution in [0.5, 0.6) is 0 Å². The predicted molar refractivity (Wildman–Crippen MR) is 136 cm³/mol. The van der Waals surface area contributed by atoms with Gasteiger partial charge in [0.15, 0.2) is 0 Å². The van der Waals surface area contributed by atoms with Gasteiger partial charge in [0.2, 0.25) is 0 Å². The quantitative estimate of drug-likeness (QED) is 0.570. The Kier molecular flexibility index (Phi) is 4.88. The van der Waals surface area contributed by atoms with Gasteiger partial charge >= 0.3 is 14.2 Å². The second kappa shape index (κ2) is 6.87. The fraction of sp³-hybridized carbons (Fsp3) is 0.630. The first kappa shape index (κ1) is 23.4. The van der Waals surface area contributed by atoms with Gasteiger partial charge < -0.3 is 18.6 Å². The number of benzene rings is 1. The lowest BCUT2D eigenvalue weighted by molar-refractivity contribution is 0.00578. The SMILES string of the molecule is CC1(C)C2=C(CCC(B3OC(C)(C)C(C)(C)O3)=C2)c2ccc(B3OC(C)(C)C(C)(C)O3)cc21. The van der Waals surface area contributed by atoms with E-state index in [4.69, 9.17) is 18.6 Å². The van der Waals surface area contributed by atoms with Crippen molar-refractivity contribution in [3.05, 3.63) is 46.4 Å². The van der Waals surface area contributed by atoms with Crippen LogP contribution in [0.15, 0.2) is 35.3 Å². The Morgan fingerprint density at radius 3 is 1.73 bits per heavy atom. The van der Waals surface area contributed by atoms with Gasteiger partial charge in [-0.3, -0.25) is 0 Å². The van der Waals surface area contributed by atoms with E-state index in [0.29, 0.717) is 0 Å². The third-order valence-electron chi connectivity index (χ3n) is 9.12. The molecule has 0 bridgehead atoms. The monoisotopic (exact) mass is 448 g/mol. The molecular formula is C27H38B2O4. The molecule has 1 aromatic rings. The first-order valence-electron chi connectivity index (χ1n) is 12.4. The lowest BCUT2D eigenvalue weighted by Gasteiger charge is -2.32. The molecule has 2 fully saturated rings. The zero-order valence-electron chi connectivity index (χ0n) is 22.0. The van der Waals surface area contributed by atoms with E-state index in [1.54, 1.807) is 0 Å². The van der Waals surface area contributed by atoms with Gasteiger partial charge in [0.25, 0.3) is 0 Å². The molecule has 0 radical (unpaired) electrons. The molecule has 6 heteroatoms. The van der Waals surface area contributed by atoms with Crippen LogP contribution in [0.4, 0.5) is 0 Å². The molecule has 0 aromatic heterocycles. The molecule has 0 atom stereocenters. The Bertz CT molecular complexity index is 1050. The molecule has 0 N–H and O–H groups in total. The first-order valence-corrected chi connectivity index (χ1v) is 12.4. The van der Waals surface area contributed by atoms with Gasteiger partial charge in [0.1, 0.15) is 0 Å². The smallest absolute Gasteiger partial charge is 0.400 e. The van der Waals surface area contributed by atoms with Crippen molar-refractivity contribution in [2.24, 2.45) is 0 Å². The van der Waals surface area contributed by atoms with Crippen molar-refractivity contribution < 1.29 is 18.6 Å². The summed E-state index contributed by atoms with van der Waals surface area (Å²) in [4.78, 5) is 0. The number of rotatable bonds is 2. The molecular weight excluding hydrogens is 410 g/mol. The van der Waals surface area contributed by atoms with Crippen LogP contribution in [0.1, 0.15) is 93.2 Å². The zero-order chi connectivity index (χ0) is 24.2. The summed E-state index contributed by atoms with van der Waals surface area (Å²) in [5.74, 6) is 0. The molecule has 1 aromatic carbocycles. The Balaban J connectivity index is 1.46. The fourth-order valence-electron chi connectivity index (χ4n) is 5.38. The number of fused-ring (bicyclic) bond motifs is 2. The van der Waals surface area contributed by atoms with Gasteiger partial charge in [-0.05, 0) is 101 Å². The molecule has 0 spiro atoms. The topological polar surface area (TPSA) is 36.9 Å². The summed E-state index contributed by atoms with van der Waals surface area (Å²) >= 11 is 0. The average Bonchev–Trinajstić information content (AvgIpc) is 3.16. The van der Waals surface area contributed by atoms with Gasteiger partial charge in [-0.25, -0.2) is 0 Å². The summed E-state index contributed by atoms with van der Waals surface area (Å²) in [6.07, 6.45) is 4.33. The Labute approximate surface area is 200 Å². The Hall–Kier alpha value is -1.33. The molecule has 0 unspecified atom stereocenters. The number of hydrogen-bond donors (Lipinski definition) is 0. The van der Waals surface area contributed by atoms with Crippen LogP contribution in [-0.2, 0) is 24.0 Å². The maximum atomic E-state index is 6.38. The van der Waals surface area contributed by atoms with Gasteiger partial charge in [0, 0.05) is 5.41 Å². The van der Waals surface area contributed by atoms with E-state index < -0.39 is 0 Å². The lowest BCUT2D eigenvalue weighted by Crippen LogP contribution is -2.41. The molecule has 4 nitrogen and oxygen atoms in total. The highest BCUT2D eigenvalue weighted by atomic mass is 16.7. The fourth-order valence-corrected chi connectivity index (χ4v) is 5.38. The van der Waals surface area contributed by atoms with E-state index in [2.05, 4.69) is 93.5 Å². The van der Waals surface area contributed by atoms with Crippen molar-refractivity contribution in [3.63, 3.8) is 0 Å². The highest BCUT2D eigenvalue weighted by molar-refractivity contribution is 6.62. The molecule has 0 amide bonds. The lowest BCUT2D eigenvalue weighted by atomic mass is 9.69. The van der Waals surface area contributed by atoms with Gasteiger partial charge in [0.05, 0.1) is 22.4 Å². The molecule has 33 heavy (non-hydrogen) atoms. The van der Waals surface area contributed by atoms with Crippen molar-refractivity contribution in [2.45, 2.75) is 110 Å². The molecule has 4 aliphatic rings. The third kappa shape index (κ3) is 3.36. The molecule has 2 aliphatic heterocycles. The standard InChI is InChI=1S/C27H38B2O4/c1-23(2)21-15-17(28-30-24(3,4)25(5,6)31-28)11-13-19(21)20-14-12-18(16-22(20)23)29-32-26(7,8)27(9,10)33-29/h11,13,15-16H,12,14H2,1-10H3. The predicted octanol–water partition coefficient (Wildman–Crippen LogP) is 5.38. The van der Waals surface area contributed by atoms with Crippen LogP contribution in [0.3, 0.4) is 0 Å². The summed E-state index contributed by atoms with van der Waals surface area (Å²) < 4.78 is 25.4. The molecule has 2 heterocycles. The number of hydrogen-bond acceptors (Lipinski definition) is 4. The van der Waals surface area contributed by atoms with Crippen molar-refractivity contribution in [2.75, 3.05) is 0 Å². The van der Waals surface area contributed by atoms with Crippen LogP contribution < -0.4 is 5.46 Å². The Morgan fingerprint density at radius 1 is 0.667 bits per heavy atom. The van der Waals surface area contributed by atoms with Crippen molar-refractivity contribution in [3.8, 4) is 0 Å². The van der Waals surface area contributed by atoms with E-state index >= 15 is 0 Å². The maximum Gasteiger partial charge on any atom is 0.494 e.